The molecule has 0 unspecified atom stereocenters. The number of benzene rings is 1. The molecule has 2 amide bonds. The van der Waals surface area contributed by atoms with Crippen LogP contribution in [0.25, 0.3) is 0 Å². The van der Waals surface area contributed by atoms with Gasteiger partial charge in [-0.2, -0.15) is 0 Å². The van der Waals surface area contributed by atoms with Crippen molar-refractivity contribution in [3.05, 3.63) is 52.2 Å². The normalized spacial score (nSPS) is 15.2. The van der Waals surface area contributed by atoms with Crippen molar-refractivity contribution in [3.63, 3.8) is 0 Å². The summed E-state index contributed by atoms with van der Waals surface area (Å²) < 4.78 is 0. The molecule has 1 aromatic carbocycles. The standard InChI is InChI=1S/C18H18N2O4S/c21-16-4-1-9-20(16)13-7-5-12(6-8-13)18(24)19-14(11-17(22)23)15-3-2-10-25-15/h2-3,5-8,10,14H,1,4,9,11H2,(H,19,24)(H,22,23)/t14-/m0/s1. The van der Waals surface area contributed by atoms with E-state index in [1.807, 2.05) is 11.4 Å². The largest absolute Gasteiger partial charge is 0.481 e. The van der Waals surface area contributed by atoms with Gasteiger partial charge in [-0.25, -0.2) is 0 Å². The highest BCUT2D eigenvalue weighted by molar-refractivity contribution is 7.10. The monoisotopic (exact) mass is 358 g/mol. The number of nitrogens with one attached hydrogen (secondary N) is 1. The summed E-state index contributed by atoms with van der Waals surface area (Å²) in [7, 11) is 0. The topological polar surface area (TPSA) is 86.7 Å². The summed E-state index contributed by atoms with van der Waals surface area (Å²) in [6.45, 7) is 0.698. The van der Waals surface area contributed by atoms with Crippen molar-refractivity contribution in [3.8, 4) is 0 Å². The first kappa shape index (κ1) is 17.2. The second kappa shape index (κ2) is 7.48. The van der Waals surface area contributed by atoms with E-state index in [1.54, 1.807) is 35.2 Å². The Morgan fingerprint density at radius 2 is 2.00 bits per heavy atom. The summed E-state index contributed by atoms with van der Waals surface area (Å²) in [5.41, 5.74) is 1.21. The number of carboxylic acids is 1. The molecule has 0 saturated carbocycles. The molecular formula is C18H18N2O4S. The van der Waals surface area contributed by atoms with Crippen molar-refractivity contribution < 1.29 is 19.5 Å². The van der Waals surface area contributed by atoms with E-state index in [4.69, 9.17) is 5.11 Å². The maximum absolute atomic E-state index is 12.4. The summed E-state index contributed by atoms with van der Waals surface area (Å²) in [5.74, 6) is -1.21. The van der Waals surface area contributed by atoms with E-state index >= 15 is 0 Å². The fourth-order valence-corrected chi connectivity index (χ4v) is 3.62. The van der Waals surface area contributed by atoms with Crippen LogP contribution >= 0.6 is 11.3 Å². The summed E-state index contributed by atoms with van der Waals surface area (Å²) in [6.07, 6.45) is 1.23. The van der Waals surface area contributed by atoms with E-state index in [9.17, 15) is 14.4 Å². The summed E-state index contributed by atoms with van der Waals surface area (Å²) in [5, 5.41) is 13.7. The van der Waals surface area contributed by atoms with Crippen LogP contribution in [0.5, 0.6) is 0 Å². The number of carbonyl (C=O) groups excluding carboxylic acids is 2. The fraction of sp³-hybridized carbons (Fsp3) is 0.278. The van der Waals surface area contributed by atoms with E-state index in [0.29, 0.717) is 18.5 Å². The quantitative estimate of drug-likeness (QED) is 0.831. The smallest absolute Gasteiger partial charge is 0.305 e. The van der Waals surface area contributed by atoms with Gasteiger partial charge in [0.1, 0.15) is 0 Å². The minimum atomic E-state index is -0.971. The lowest BCUT2D eigenvalue weighted by Crippen LogP contribution is -2.29. The molecule has 1 aliphatic rings. The van der Waals surface area contributed by atoms with Crippen LogP contribution in [0, 0.1) is 0 Å². The van der Waals surface area contributed by atoms with Crippen molar-refractivity contribution in [2.75, 3.05) is 11.4 Å². The summed E-state index contributed by atoms with van der Waals surface area (Å²) in [4.78, 5) is 37.8. The number of rotatable bonds is 6. The van der Waals surface area contributed by atoms with Gasteiger partial charge in [-0.1, -0.05) is 6.07 Å². The molecule has 2 aromatic rings. The molecule has 25 heavy (non-hydrogen) atoms. The maximum Gasteiger partial charge on any atom is 0.305 e. The Morgan fingerprint density at radius 3 is 2.56 bits per heavy atom. The molecule has 3 rings (SSSR count). The Labute approximate surface area is 149 Å². The number of aliphatic carboxylic acids is 1. The number of carbonyl (C=O) groups is 3. The third kappa shape index (κ3) is 4.06. The molecule has 0 aliphatic carbocycles. The van der Waals surface area contributed by atoms with E-state index in [2.05, 4.69) is 5.32 Å². The van der Waals surface area contributed by atoms with Gasteiger partial charge in [0, 0.05) is 29.1 Å². The Bertz CT molecular complexity index is 771. The van der Waals surface area contributed by atoms with Crippen molar-refractivity contribution in [1.29, 1.82) is 0 Å². The summed E-state index contributed by atoms with van der Waals surface area (Å²) in [6, 6.07) is 9.87. The number of carboxylic acid groups (broad SMARTS) is 1. The maximum atomic E-state index is 12.4. The first-order valence-electron chi connectivity index (χ1n) is 8.01. The molecule has 1 aromatic heterocycles. The van der Waals surface area contributed by atoms with Crippen LogP contribution < -0.4 is 10.2 Å². The van der Waals surface area contributed by atoms with Crippen LogP contribution in [0.4, 0.5) is 5.69 Å². The Morgan fingerprint density at radius 1 is 1.24 bits per heavy atom. The van der Waals surface area contributed by atoms with E-state index in [1.165, 1.54) is 11.3 Å². The van der Waals surface area contributed by atoms with E-state index < -0.39 is 12.0 Å². The van der Waals surface area contributed by atoms with Crippen LogP contribution in [-0.2, 0) is 9.59 Å². The third-order valence-electron chi connectivity index (χ3n) is 4.09. The molecule has 1 aliphatic heterocycles. The summed E-state index contributed by atoms with van der Waals surface area (Å²) >= 11 is 1.41. The van der Waals surface area contributed by atoms with Crippen LogP contribution in [0.15, 0.2) is 41.8 Å². The molecule has 0 radical (unpaired) electrons. The SMILES string of the molecule is O=C(O)C[C@H](NC(=O)c1ccc(N2CCCC2=O)cc1)c1cccs1. The van der Waals surface area contributed by atoms with Gasteiger partial charge >= 0.3 is 5.97 Å². The van der Waals surface area contributed by atoms with Crippen LogP contribution in [0.1, 0.15) is 40.5 Å². The van der Waals surface area contributed by atoms with Gasteiger partial charge in [0.2, 0.25) is 5.91 Å². The van der Waals surface area contributed by atoms with Gasteiger partial charge in [0.25, 0.3) is 5.91 Å². The predicted molar refractivity (Wildman–Crippen MR) is 94.8 cm³/mol. The lowest BCUT2D eigenvalue weighted by molar-refractivity contribution is -0.137. The molecule has 7 heteroatoms. The minimum absolute atomic E-state index is 0.0939. The zero-order valence-corrected chi connectivity index (χ0v) is 14.3. The van der Waals surface area contributed by atoms with Gasteiger partial charge in [0.15, 0.2) is 0 Å². The molecule has 1 fully saturated rings. The predicted octanol–water partition coefficient (Wildman–Crippen LogP) is 2.82. The highest BCUT2D eigenvalue weighted by atomic mass is 32.1. The number of hydrogen-bond donors (Lipinski definition) is 2. The fourth-order valence-electron chi connectivity index (χ4n) is 2.84. The number of amides is 2. The zero-order valence-electron chi connectivity index (χ0n) is 13.5. The average molecular weight is 358 g/mol. The van der Waals surface area contributed by atoms with Gasteiger partial charge in [-0.05, 0) is 42.1 Å². The highest BCUT2D eigenvalue weighted by Crippen LogP contribution is 2.24. The third-order valence-corrected chi connectivity index (χ3v) is 5.07. The second-order valence-electron chi connectivity index (χ2n) is 5.84. The number of anilines is 1. The Hall–Kier alpha value is -2.67. The van der Waals surface area contributed by atoms with Crippen LogP contribution in [-0.4, -0.2) is 29.4 Å². The first-order chi connectivity index (χ1) is 12.0. The average Bonchev–Trinajstić information content (AvgIpc) is 3.25. The molecular weight excluding hydrogens is 340 g/mol. The Balaban J connectivity index is 1.71. The zero-order chi connectivity index (χ0) is 17.8. The van der Waals surface area contributed by atoms with Crippen molar-refractivity contribution in [1.82, 2.24) is 5.32 Å². The van der Waals surface area contributed by atoms with Crippen molar-refractivity contribution in [2.24, 2.45) is 0 Å². The van der Waals surface area contributed by atoms with E-state index in [-0.39, 0.29) is 18.2 Å². The van der Waals surface area contributed by atoms with Crippen LogP contribution in [0.3, 0.4) is 0 Å². The molecule has 1 saturated heterocycles. The van der Waals surface area contributed by atoms with Gasteiger partial charge in [-0.15, -0.1) is 11.3 Å². The highest BCUT2D eigenvalue weighted by Gasteiger charge is 2.23. The van der Waals surface area contributed by atoms with Gasteiger partial charge in [0.05, 0.1) is 12.5 Å². The van der Waals surface area contributed by atoms with E-state index in [0.717, 1.165) is 17.0 Å². The number of thiophene rings is 1. The lowest BCUT2D eigenvalue weighted by atomic mass is 10.1. The van der Waals surface area contributed by atoms with Crippen LogP contribution in [0.2, 0.25) is 0 Å². The van der Waals surface area contributed by atoms with Gasteiger partial charge < -0.3 is 15.3 Å². The molecule has 2 heterocycles. The molecule has 0 spiro atoms. The molecule has 130 valence electrons. The number of nitrogens with zero attached hydrogens (tertiary/aromatic N) is 1. The first-order valence-corrected chi connectivity index (χ1v) is 8.89. The molecule has 6 nitrogen and oxygen atoms in total. The minimum Gasteiger partial charge on any atom is -0.481 e. The molecule has 2 N–H and O–H groups in total. The van der Waals surface area contributed by atoms with Gasteiger partial charge in [-0.3, -0.25) is 14.4 Å². The van der Waals surface area contributed by atoms with Crippen molar-refractivity contribution in [2.45, 2.75) is 25.3 Å². The second-order valence-corrected chi connectivity index (χ2v) is 6.81. The Kier molecular flexibility index (Phi) is 5.14. The molecule has 1 atom stereocenters. The molecule has 0 bridgehead atoms. The lowest BCUT2D eigenvalue weighted by Gasteiger charge is -2.17. The van der Waals surface area contributed by atoms with Crippen molar-refractivity contribution >= 4 is 34.8 Å². The number of hydrogen-bond acceptors (Lipinski definition) is 4.